The van der Waals surface area contributed by atoms with E-state index in [9.17, 15) is 4.79 Å². The van der Waals surface area contributed by atoms with Gasteiger partial charge in [-0.2, -0.15) is 0 Å². The highest BCUT2D eigenvalue weighted by atomic mass is 35.5. The summed E-state index contributed by atoms with van der Waals surface area (Å²) in [5.41, 5.74) is 0.291. The van der Waals surface area contributed by atoms with E-state index in [4.69, 9.17) is 11.6 Å². The molecule has 0 radical (unpaired) electrons. The molecule has 1 aliphatic rings. The van der Waals surface area contributed by atoms with Crippen LogP contribution in [0.15, 0.2) is 12.1 Å². The number of pyridine rings is 1. The summed E-state index contributed by atoms with van der Waals surface area (Å²) in [6, 6.07) is 3.44. The zero-order valence-electron chi connectivity index (χ0n) is 11.9. The molecule has 1 aromatic heterocycles. The van der Waals surface area contributed by atoms with E-state index in [-0.39, 0.29) is 5.91 Å². The van der Waals surface area contributed by atoms with Crippen molar-refractivity contribution >= 4 is 23.3 Å². The van der Waals surface area contributed by atoms with Crippen LogP contribution >= 0.6 is 11.6 Å². The molecular formula is C15H22ClN3O. The van der Waals surface area contributed by atoms with E-state index in [0.717, 1.165) is 12.3 Å². The molecule has 1 saturated carbocycles. The van der Waals surface area contributed by atoms with Crippen LogP contribution in [0.5, 0.6) is 0 Å². The Bertz CT molecular complexity index is 458. The lowest BCUT2D eigenvalue weighted by atomic mass is 10.0. The number of anilines is 1. The number of nitrogens with one attached hydrogen (secondary N) is 2. The number of hydrogen-bond acceptors (Lipinski definition) is 3. The van der Waals surface area contributed by atoms with Crippen LogP contribution in [0.4, 0.5) is 5.82 Å². The van der Waals surface area contributed by atoms with Gasteiger partial charge in [0.1, 0.15) is 11.5 Å². The second-order valence-electron chi connectivity index (χ2n) is 5.33. The SMILES string of the molecule is CNc1ccc(Cl)c(C(=O)NCCCC2CCCC2)n1. The number of amides is 1. The molecule has 1 aliphatic carbocycles. The molecular weight excluding hydrogens is 274 g/mol. The summed E-state index contributed by atoms with van der Waals surface area (Å²) in [6.07, 6.45) is 7.68. The molecule has 0 bridgehead atoms. The van der Waals surface area contributed by atoms with E-state index in [1.54, 1.807) is 19.2 Å². The highest BCUT2D eigenvalue weighted by molar-refractivity contribution is 6.33. The molecule has 0 unspecified atom stereocenters. The van der Waals surface area contributed by atoms with Crippen LogP contribution in [-0.4, -0.2) is 24.5 Å². The lowest BCUT2D eigenvalue weighted by molar-refractivity contribution is 0.0948. The third-order valence-electron chi connectivity index (χ3n) is 3.87. The minimum atomic E-state index is -0.196. The Labute approximate surface area is 125 Å². The van der Waals surface area contributed by atoms with Crippen LogP contribution < -0.4 is 10.6 Å². The molecule has 1 heterocycles. The summed E-state index contributed by atoms with van der Waals surface area (Å²) in [4.78, 5) is 16.2. The van der Waals surface area contributed by atoms with E-state index < -0.39 is 0 Å². The van der Waals surface area contributed by atoms with Crippen LogP contribution in [0.25, 0.3) is 0 Å². The van der Waals surface area contributed by atoms with Crippen molar-refractivity contribution in [1.29, 1.82) is 0 Å². The Morgan fingerprint density at radius 2 is 2.15 bits per heavy atom. The number of aromatic nitrogens is 1. The monoisotopic (exact) mass is 295 g/mol. The Kier molecular flexibility index (Phi) is 5.65. The smallest absolute Gasteiger partial charge is 0.271 e. The Morgan fingerprint density at radius 3 is 2.85 bits per heavy atom. The van der Waals surface area contributed by atoms with Crippen LogP contribution in [0, 0.1) is 5.92 Å². The third kappa shape index (κ3) is 4.10. The standard InChI is InChI=1S/C15H22ClN3O/c1-17-13-9-8-12(16)14(19-13)15(20)18-10-4-7-11-5-2-3-6-11/h8-9,11H,2-7,10H2,1H3,(H,17,19)(H,18,20). The van der Waals surface area contributed by atoms with Crippen molar-refractivity contribution in [2.75, 3.05) is 18.9 Å². The molecule has 110 valence electrons. The summed E-state index contributed by atoms with van der Waals surface area (Å²) >= 11 is 6.01. The number of hydrogen-bond donors (Lipinski definition) is 2. The van der Waals surface area contributed by atoms with Gasteiger partial charge in [0.25, 0.3) is 5.91 Å². The van der Waals surface area contributed by atoms with Gasteiger partial charge in [-0.25, -0.2) is 4.98 Å². The second kappa shape index (κ2) is 7.48. The second-order valence-corrected chi connectivity index (χ2v) is 5.73. The maximum Gasteiger partial charge on any atom is 0.271 e. The average Bonchev–Trinajstić information content (AvgIpc) is 2.97. The molecule has 2 N–H and O–H groups in total. The average molecular weight is 296 g/mol. The number of carbonyl (C=O) groups is 1. The molecule has 4 nitrogen and oxygen atoms in total. The van der Waals surface area contributed by atoms with Gasteiger partial charge < -0.3 is 10.6 Å². The third-order valence-corrected chi connectivity index (χ3v) is 4.17. The number of rotatable bonds is 6. The summed E-state index contributed by atoms with van der Waals surface area (Å²) in [5.74, 6) is 1.31. The zero-order chi connectivity index (χ0) is 14.4. The van der Waals surface area contributed by atoms with Gasteiger partial charge in [-0.3, -0.25) is 4.79 Å². The quantitative estimate of drug-likeness (QED) is 0.790. The first-order valence-corrected chi connectivity index (χ1v) is 7.71. The summed E-state index contributed by atoms with van der Waals surface area (Å²) in [7, 11) is 1.76. The van der Waals surface area contributed by atoms with E-state index in [2.05, 4.69) is 15.6 Å². The molecule has 0 atom stereocenters. The van der Waals surface area contributed by atoms with E-state index in [0.29, 0.717) is 23.1 Å². The molecule has 1 amide bonds. The van der Waals surface area contributed by atoms with Crippen molar-refractivity contribution in [1.82, 2.24) is 10.3 Å². The van der Waals surface area contributed by atoms with E-state index in [1.165, 1.54) is 32.1 Å². The Balaban J connectivity index is 1.79. The minimum absolute atomic E-state index is 0.196. The normalized spacial score (nSPS) is 15.3. The fourth-order valence-electron chi connectivity index (χ4n) is 2.72. The van der Waals surface area contributed by atoms with Crippen LogP contribution in [0.3, 0.4) is 0 Å². The van der Waals surface area contributed by atoms with Gasteiger partial charge in [0.05, 0.1) is 5.02 Å². The molecule has 20 heavy (non-hydrogen) atoms. The summed E-state index contributed by atoms with van der Waals surface area (Å²) < 4.78 is 0. The van der Waals surface area contributed by atoms with Crippen LogP contribution in [0.1, 0.15) is 49.0 Å². The molecule has 1 aromatic rings. The van der Waals surface area contributed by atoms with Gasteiger partial charge in [-0.15, -0.1) is 0 Å². The van der Waals surface area contributed by atoms with Crippen molar-refractivity contribution < 1.29 is 4.79 Å². The van der Waals surface area contributed by atoms with Crippen molar-refractivity contribution in [3.05, 3.63) is 22.8 Å². The number of carbonyl (C=O) groups excluding carboxylic acids is 1. The largest absolute Gasteiger partial charge is 0.373 e. The summed E-state index contributed by atoms with van der Waals surface area (Å²) in [5, 5.41) is 6.19. The zero-order valence-corrected chi connectivity index (χ0v) is 12.7. The number of nitrogens with zero attached hydrogens (tertiary/aromatic N) is 1. The molecule has 0 saturated heterocycles. The fraction of sp³-hybridized carbons (Fsp3) is 0.600. The molecule has 0 aliphatic heterocycles. The van der Waals surface area contributed by atoms with Crippen molar-refractivity contribution in [3.63, 3.8) is 0 Å². The van der Waals surface area contributed by atoms with Crippen molar-refractivity contribution in [2.24, 2.45) is 5.92 Å². The van der Waals surface area contributed by atoms with E-state index in [1.807, 2.05) is 0 Å². The molecule has 2 rings (SSSR count). The predicted molar refractivity (Wildman–Crippen MR) is 82.3 cm³/mol. The van der Waals surface area contributed by atoms with Gasteiger partial charge in [-0.05, 0) is 30.9 Å². The van der Waals surface area contributed by atoms with Gasteiger partial charge in [-0.1, -0.05) is 37.3 Å². The topological polar surface area (TPSA) is 54.0 Å². The maximum atomic E-state index is 12.0. The molecule has 0 aromatic carbocycles. The minimum Gasteiger partial charge on any atom is -0.373 e. The predicted octanol–water partition coefficient (Wildman–Crippen LogP) is 3.48. The number of halogens is 1. The first-order chi connectivity index (χ1) is 9.70. The van der Waals surface area contributed by atoms with Gasteiger partial charge in [0.15, 0.2) is 0 Å². The maximum absolute atomic E-state index is 12.0. The van der Waals surface area contributed by atoms with E-state index >= 15 is 0 Å². The van der Waals surface area contributed by atoms with Crippen LogP contribution in [-0.2, 0) is 0 Å². The molecule has 5 heteroatoms. The van der Waals surface area contributed by atoms with Crippen molar-refractivity contribution in [3.8, 4) is 0 Å². The highest BCUT2D eigenvalue weighted by Crippen LogP contribution is 2.28. The van der Waals surface area contributed by atoms with Gasteiger partial charge >= 0.3 is 0 Å². The fourth-order valence-corrected chi connectivity index (χ4v) is 2.91. The first kappa shape index (κ1) is 15.1. The molecule has 1 fully saturated rings. The van der Waals surface area contributed by atoms with Crippen LogP contribution in [0.2, 0.25) is 5.02 Å². The van der Waals surface area contributed by atoms with Gasteiger partial charge in [0, 0.05) is 13.6 Å². The van der Waals surface area contributed by atoms with Crippen molar-refractivity contribution in [2.45, 2.75) is 38.5 Å². The summed E-state index contributed by atoms with van der Waals surface area (Å²) in [6.45, 7) is 0.692. The molecule has 0 spiro atoms. The van der Waals surface area contributed by atoms with Gasteiger partial charge in [0.2, 0.25) is 0 Å². The lowest BCUT2D eigenvalue weighted by Crippen LogP contribution is -2.26. The Hall–Kier alpha value is -1.29. The highest BCUT2D eigenvalue weighted by Gasteiger charge is 2.15. The first-order valence-electron chi connectivity index (χ1n) is 7.33. The lowest BCUT2D eigenvalue weighted by Gasteiger charge is -2.10. The Morgan fingerprint density at radius 1 is 1.40 bits per heavy atom.